The zero-order valence-electron chi connectivity index (χ0n) is 9.14. The van der Waals surface area contributed by atoms with Gasteiger partial charge in [0.2, 0.25) is 5.28 Å². The molecule has 0 fully saturated rings. The number of halogens is 1. The van der Waals surface area contributed by atoms with Gasteiger partial charge in [0.1, 0.15) is 11.6 Å². The molecule has 0 spiro atoms. The number of rotatable bonds is 3. The second-order valence-corrected chi connectivity index (χ2v) is 3.63. The Kier molecular flexibility index (Phi) is 3.30. The lowest BCUT2D eigenvalue weighted by Crippen LogP contribution is -1.99. The molecule has 3 N–H and O–H groups in total. The monoisotopic (exact) mass is 250 g/mol. The van der Waals surface area contributed by atoms with E-state index in [-0.39, 0.29) is 5.28 Å². The number of aromatic nitrogens is 2. The van der Waals surface area contributed by atoms with E-state index in [1.807, 2.05) is 12.1 Å². The van der Waals surface area contributed by atoms with Gasteiger partial charge in [-0.25, -0.2) is 9.97 Å². The maximum atomic E-state index is 5.86. The highest BCUT2D eigenvalue weighted by atomic mass is 35.5. The van der Waals surface area contributed by atoms with Gasteiger partial charge in [-0.15, -0.1) is 0 Å². The lowest BCUT2D eigenvalue weighted by atomic mass is 10.2. The van der Waals surface area contributed by atoms with Crippen LogP contribution in [0.2, 0.25) is 5.28 Å². The van der Waals surface area contributed by atoms with E-state index >= 15 is 0 Å². The predicted octanol–water partition coefficient (Wildman–Crippen LogP) is 2.46. The minimum Gasteiger partial charge on any atom is -0.497 e. The van der Waals surface area contributed by atoms with E-state index in [2.05, 4.69) is 15.3 Å². The number of hydrogen-bond donors (Lipinski definition) is 2. The first-order valence-electron chi connectivity index (χ1n) is 4.88. The van der Waals surface area contributed by atoms with Crippen LogP contribution in [0.5, 0.6) is 5.75 Å². The maximum absolute atomic E-state index is 5.86. The number of anilines is 3. The number of nitrogens with one attached hydrogen (secondary N) is 1. The van der Waals surface area contributed by atoms with Gasteiger partial charge in [0.25, 0.3) is 0 Å². The van der Waals surface area contributed by atoms with Crippen molar-refractivity contribution in [2.45, 2.75) is 0 Å². The summed E-state index contributed by atoms with van der Waals surface area (Å²) < 4.78 is 5.06. The third-order valence-corrected chi connectivity index (χ3v) is 2.33. The molecule has 0 amide bonds. The van der Waals surface area contributed by atoms with Crippen molar-refractivity contribution in [3.8, 4) is 5.75 Å². The van der Waals surface area contributed by atoms with Crippen LogP contribution < -0.4 is 15.8 Å². The predicted molar refractivity (Wildman–Crippen MR) is 67.7 cm³/mol. The van der Waals surface area contributed by atoms with Gasteiger partial charge in [-0.1, -0.05) is 0 Å². The first-order valence-corrected chi connectivity index (χ1v) is 5.26. The van der Waals surface area contributed by atoms with Gasteiger partial charge in [-0.2, -0.15) is 0 Å². The number of nitrogens with two attached hydrogens (primary N) is 1. The fourth-order valence-electron chi connectivity index (χ4n) is 1.32. The summed E-state index contributed by atoms with van der Waals surface area (Å²) in [6.45, 7) is 0. The summed E-state index contributed by atoms with van der Waals surface area (Å²) in [7, 11) is 1.59. The van der Waals surface area contributed by atoms with Crippen LogP contribution in [0, 0.1) is 0 Å². The van der Waals surface area contributed by atoms with Gasteiger partial charge in [-0.05, 0) is 29.8 Å². The molecule has 0 unspecified atom stereocenters. The number of hydrogen-bond acceptors (Lipinski definition) is 5. The van der Waals surface area contributed by atoms with Gasteiger partial charge in [0.15, 0.2) is 0 Å². The molecule has 0 radical (unpaired) electrons. The van der Waals surface area contributed by atoms with Crippen LogP contribution in [-0.2, 0) is 0 Å². The molecule has 0 atom stereocenters. The van der Waals surface area contributed by atoms with Crippen LogP contribution in [0.4, 0.5) is 17.2 Å². The van der Waals surface area contributed by atoms with Gasteiger partial charge < -0.3 is 15.8 Å². The average molecular weight is 251 g/mol. The van der Waals surface area contributed by atoms with Crippen LogP contribution in [-0.4, -0.2) is 17.1 Å². The summed E-state index contributed by atoms with van der Waals surface area (Å²) in [6, 6.07) is 7.05. The number of nitrogens with zero attached hydrogens (tertiary/aromatic N) is 2. The highest BCUT2D eigenvalue weighted by Gasteiger charge is 2.03. The zero-order chi connectivity index (χ0) is 12.3. The van der Waals surface area contributed by atoms with Crippen molar-refractivity contribution in [3.63, 3.8) is 0 Å². The lowest BCUT2D eigenvalue weighted by Gasteiger charge is -2.09. The van der Waals surface area contributed by atoms with Crippen molar-refractivity contribution in [3.05, 3.63) is 35.7 Å². The van der Waals surface area contributed by atoms with Gasteiger partial charge in [-0.3, -0.25) is 0 Å². The largest absolute Gasteiger partial charge is 0.497 e. The molecule has 1 aromatic carbocycles. The highest BCUT2D eigenvalue weighted by Crippen LogP contribution is 2.26. The molecule has 5 nitrogen and oxygen atoms in total. The van der Waals surface area contributed by atoms with E-state index in [1.165, 1.54) is 0 Å². The molecule has 88 valence electrons. The smallest absolute Gasteiger partial charge is 0.224 e. The summed E-state index contributed by atoms with van der Waals surface area (Å²) >= 11 is 5.69. The number of nitrogen functional groups attached to an aromatic ring is 1. The Balaban J connectivity index is 2.24. The third kappa shape index (κ3) is 2.76. The van der Waals surface area contributed by atoms with Crippen LogP contribution in [0.1, 0.15) is 0 Å². The van der Waals surface area contributed by atoms with Crippen molar-refractivity contribution in [1.29, 1.82) is 0 Å². The van der Waals surface area contributed by atoms with Crippen LogP contribution in [0.15, 0.2) is 30.5 Å². The molecule has 17 heavy (non-hydrogen) atoms. The molecule has 2 aromatic rings. The summed E-state index contributed by atoms with van der Waals surface area (Å²) in [6.07, 6.45) is 1.57. The summed E-state index contributed by atoms with van der Waals surface area (Å²) in [5.74, 6) is 1.29. The fraction of sp³-hybridized carbons (Fsp3) is 0.0909. The summed E-state index contributed by atoms with van der Waals surface area (Å²) in [5.41, 5.74) is 7.17. The SMILES string of the molecule is COc1ccc(Nc2ccnc(Cl)n2)c(N)c1. The second-order valence-electron chi connectivity index (χ2n) is 3.29. The summed E-state index contributed by atoms with van der Waals surface area (Å²) in [4.78, 5) is 7.80. The van der Waals surface area contributed by atoms with Crippen molar-refractivity contribution < 1.29 is 4.74 Å². The van der Waals surface area contributed by atoms with E-state index in [4.69, 9.17) is 22.1 Å². The zero-order valence-corrected chi connectivity index (χ0v) is 9.90. The maximum Gasteiger partial charge on any atom is 0.224 e. The Labute approximate surface area is 104 Å². The number of ether oxygens (including phenoxy) is 1. The van der Waals surface area contributed by atoms with Crippen molar-refractivity contribution in [1.82, 2.24) is 9.97 Å². The summed E-state index contributed by atoms with van der Waals surface area (Å²) in [5, 5.41) is 3.23. The first kappa shape index (κ1) is 11.5. The molecule has 1 heterocycles. The Morgan fingerprint density at radius 3 is 2.82 bits per heavy atom. The minimum atomic E-state index is 0.182. The fourth-order valence-corrected chi connectivity index (χ4v) is 1.47. The average Bonchev–Trinajstić information content (AvgIpc) is 2.32. The van der Waals surface area contributed by atoms with E-state index in [0.29, 0.717) is 17.3 Å². The molecule has 0 saturated heterocycles. The van der Waals surface area contributed by atoms with E-state index < -0.39 is 0 Å². The number of benzene rings is 1. The Morgan fingerprint density at radius 1 is 1.35 bits per heavy atom. The molecule has 0 aliphatic carbocycles. The van der Waals surface area contributed by atoms with E-state index in [1.54, 1.807) is 25.4 Å². The molecule has 0 saturated carbocycles. The second kappa shape index (κ2) is 4.88. The van der Waals surface area contributed by atoms with Crippen LogP contribution in [0.3, 0.4) is 0 Å². The standard InChI is InChI=1S/C11H11ClN4O/c1-17-7-2-3-9(8(13)6-7)15-10-4-5-14-11(12)16-10/h2-6H,13H2,1H3,(H,14,15,16). The topological polar surface area (TPSA) is 73.1 Å². The van der Waals surface area contributed by atoms with Crippen LogP contribution >= 0.6 is 11.6 Å². The minimum absolute atomic E-state index is 0.182. The Morgan fingerprint density at radius 2 is 2.18 bits per heavy atom. The normalized spacial score (nSPS) is 10.0. The van der Waals surface area contributed by atoms with Gasteiger partial charge in [0, 0.05) is 12.3 Å². The third-order valence-electron chi connectivity index (χ3n) is 2.15. The van der Waals surface area contributed by atoms with Gasteiger partial charge in [0.05, 0.1) is 18.5 Å². The molecular formula is C11H11ClN4O. The Bertz CT molecular complexity index is 533. The molecule has 0 aliphatic rings. The van der Waals surface area contributed by atoms with Crippen molar-refractivity contribution >= 4 is 28.8 Å². The molecule has 0 bridgehead atoms. The van der Waals surface area contributed by atoms with Crippen LogP contribution in [0.25, 0.3) is 0 Å². The highest BCUT2D eigenvalue weighted by molar-refractivity contribution is 6.28. The molecule has 6 heteroatoms. The van der Waals surface area contributed by atoms with Crippen molar-refractivity contribution in [2.75, 3.05) is 18.2 Å². The lowest BCUT2D eigenvalue weighted by molar-refractivity contribution is 0.415. The number of methoxy groups -OCH3 is 1. The molecule has 1 aromatic heterocycles. The van der Waals surface area contributed by atoms with Gasteiger partial charge >= 0.3 is 0 Å². The van der Waals surface area contributed by atoms with E-state index in [0.717, 1.165) is 5.69 Å². The molecular weight excluding hydrogens is 240 g/mol. The van der Waals surface area contributed by atoms with E-state index in [9.17, 15) is 0 Å². The first-order chi connectivity index (χ1) is 8.19. The van der Waals surface area contributed by atoms with Crippen molar-refractivity contribution in [2.24, 2.45) is 0 Å². The quantitative estimate of drug-likeness (QED) is 0.647. The Hall–Kier alpha value is -2.01. The molecule has 2 rings (SSSR count). The molecule has 0 aliphatic heterocycles.